The van der Waals surface area contributed by atoms with Gasteiger partial charge in [0, 0.05) is 41.8 Å². The molecule has 0 fully saturated rings. The van der Waals surface area contributed by atoms with E-state index < -0.39 is 42.1 Å². The van der Waals surface area contributed by atoms with Crippen LogP contribution in [0.3, 0.4) is 0 Å². The number of benzene rings is 3. The van der Waals surface area contributed by atoms with Crippen LogP contribution in [-0.2, 0) is 14.3 Å². The summed E-state index contributed by atoms with van der Waals surface area (Å²) in [5.74, 6) is -2.10. The zero-order valence-electron chi connectivity index (χ0n) is 23.6. The first-order valence-corrected chi connectivity index (χ1v) is 13.7. The lowest BCUT2D eigenvalue weighted by Gasteiger charge is -2.29. The third kappa shape index (κ3) is 4.84. The van der Waals surface area contributed by atoms with Crippen molar-refractivity contribution in [2.75, 3.05) is 11.5 Å². The van der Waals surface area contributed by atoms with E-state index in [1.165, 1.54) is 37.3 Å². The fourth-order valence-corrected chi connectivity index (χ4v) is 5.75. The van der Waals surface area contributed by atoms with Crippen molar-refractivity contribution >= 4 is 28.6 Å². The Labute approximate surface area is 243 Å². The number of alkyl halides is 3. The van der Waals surface area contributed by atoms with Crippen molar-refractivity contribution in [3.05, 3.63) is 77.4 Å². The molecule has 6 rings (SSSR count). The van der Waals surface area contributed by atoms with E-state index in [1.807, 2.05) is 13.8 Å². The summed E-state index contributed by atoms with van der Waals surface area (Å²) in [4.78, 5) is 29.9. The number of ether oxygens (including phenoxy) is 3. The molecule has 224 valence electrons. The minimum absolute atomic E-state index is 0.0679. The van der Waals surface area contributed by atoms with Gasteiger partial charge in [0.15, 0.2) is 6.10 Å². The van der Waals surface area contributed by atoms with Crippen LogP contribution in [0.5, 0.6) is 11.5 Å². The molecule has 2 aliphatic heterocycles. The number of rotatable bonds is 5. The Balaban J connectivity index is 1.47. The number of halogens is 4. The lowest BCUT2D eigenvalue weighted by molar-refractivity contribution is -0.171. The maximum atomic E-state index is 14.3. The Hall–Kier alpha value is -4.61. The van der Waals surface area contributed by atoms with Gasteiger partial charge in [-0.15, -0.1) is 0 Å². The lowest BCUT2D eigenvalue weighted by atomic mass is 10.0. The molecule has 43 heavy (non-hydrogen) atoms. The molecular weight excluding hydrogens is 570 g/mol. The molecule has 1 unspecified atom stereocenters. The maximum Gasteiger partial charge on any atom is 0.471 e. The van der Waals surface area contributed by atoms with Gasteiger partial charge in [-0.2, -0.15) is 13.2 Å². The van der Waals surface area contributed by atoms with Crippen LogP contribution >= 0.6 is 0 Å². The predicted molar refractivity (Wildman–Crippen MR) is 148 cm³/mol. The molecule has 1 amide bonds. The van der Waals surface area contributed by atoms with E-state index in [-0.39, 0.29) is 29.7 Å². The predicted octanol–water partition coefficient (Wildman–Crippen LogP) is 6.70. The highest BCUT2D eigenvalue weighted by Crippen LogP contribution is 2.47. The molecule has 3 heterocycles. The van der Waals surface area contributed by atoms with Crippen LogP contribution in [0.15, 0.2) is 54.6 Å². The van der Waals surface area contributed by atoms with Gasteiger partial charge in [0.25, 0.3) is 0 Å². The molecule has 0 saturated heterocycles. The quantitative estimate of drug-likeness (QED) is 0.188. The minimum atomic E-state index is -5.20. The van der Waals surface area contributed by atoms with Gasteiger partial charge in [-0.25, -0.2) is 9.37 Å². The maximum absolute atomic E-state index is 14.3. The molecule has 3 atom stereocenters. The van der Waals surface area contributed by atoms with Crippen molar-refractivity contribution in [1.29, 1.82) is 0 Å². The molecule has 2 aliphatic rings. The van der Waals surface area contributed by atoms with E-state index in [0.29, 0.717) is 38.6 Å². The van der Waals surface area contributed by atoms with Crippen LogP contribution in [-0.4, -0.2) is 40.3 Å². The van der Waals surface area contributed by atoms with Crippen LogP contribution in [0.2, 0.25) is 0 Å². The average Bonchev–Trinajstić information content (AvgIpc) is 3.61. The monoisotopic (exact) mass is 597 g/mol. The molecule has 12 heteroatoms. The SMILES string of the molecule is CC(=O)O[C@H]1c2ccc(N(C(=O)C(F)(F)F)[C@@H]3COc4c3cccc4-n3c(C(C)C)nc4ccc(F)cc43)cc2OC1C. The van der Waals surface area contributed by atoms with Crippen molar-refractivity contribution < 1.29 is 41.4 Å². The van der Waals surface area contributed by atoms with E-state index in [1.54, 1.807) is 35.8 Å². The van der Waals surface area contributed by atoms with Crippen molar-refractivity contribution in [1.82, 2.24) is 9.55 Å². The largest absolute Gasteiger partial charge is 0.488 e. The average molecular weight is 598 g/mol. The number of imidazole rings is 1. The number of nitrogens with zero attached hydrogens (tertiary/aromatic N) is 3. The molecule has 0 radical (unpaired) electrons. The number of amides is 1. The standard InChI is InChI=1S/C31H27F4N3O5/c1-15(2)29-36-22-11-8-18(32)12-24(22)38(29)23-7-5-6-20-25(14-41-28(20)23)37(30(40)31(33,34)35)19-9-10-21-26(13-19)42-16(3)27(21)43-17(4)39/h5-13,15-16,25,27H,14H2,1-4H3/t16?,25-,27-/m1/s1. The van der Waals surface area contributed by atoms with Crippen LogP contribution in [0.4, 0.5) is 23.2 Å². The first-order chi connectivity index (χ1) is 20.3. The summed E-state index contributed by atoms with van der Waals surface area (Å²) in [5.41, 5.74) is 2.24. The van der Waals surface area contributed by atoms with Crippen molar-refractivity contribution in [3.63, 3.8) is 0 Å². The van der Waals surface area contributed by atoms with Crippen LogP contribution in [0, 0.1) is 5.82 Å². The van der Waals surface area contributed by atoms with E-state index in [2.05, 4.69) is 4.98 Å². The summed E-state index contributed by atoms with van der Waals surface area (Å²) in [6, 6.07) is 12.2. The summed E-state index contributed by atoms with van der Waals surface area (Å²) >= 11 is 0. The van der Waals surface area contributed by atoms with E-state index >= 15 is 0 Å². The number of aromatic nitrogens is 2. The second-order valence-electron chi connectivity index (χ2n) is 10.9. The summed E-state index contributed by atoms with van der Waals surface area (Å²) in [6.45, 7) is 6.50. The van der Waals surface area contributed by atoms with Crippen molar-refractivity contribution in [3.8, 4) is 17.2 Å². The fourth-order valence-electron chi connectivity index (χ4n) is 5.75. The van der Waals surface area contributed by atoms with E-state index in [9.17, 15) is 27.2 Å². The first-order valence-electron chi connectivity index (χ1n) is 13.7. The smallest absolute Gasteiger partial charge is 0.471 e. The topological polar surface area (TPSA) is 82.9 Å². The molecule has 0 aliphatic carbocycles. The molecule has 4 aromatic rings. The number of fused-ring (bicyclic) bond motifs is 3. The Morgan fingerprint density at radius 1 is 1.09 bits per heavy atom. The Morgan fingerprint density at radius 3 is 2.56 bits per heavy atom. The summed E-state index contributed by atoms with van der Waals surface area (Å²) < 4.78 is 75.3. The Kier molecular flexibility index (Phi) is 6.82. The van der Waals surface area contributed by atoms with Gasteiger partial charge in [0.2, 0.25) is 0 Å². The number of para-hydroxylation sites is 1. The Morgan fingerprint density at radius 2 is 1.86 bits per heavy atom. The third-order valence-corrected chi connectivity index (χ3v) is 7.56. The normalized spacial score (nSPS) is 19.1. The summed E-state index contributed by atoms with van der Waals surface area (Å²) in [7, 11) is 0. The number of esters is 1. The molecule has 0 saturated carbocycles. The van der Waals surface area contributed by atoms with Crippen LogP contribution in [0.1, 0.15) is 62.7 Å². The van der Waals surface area contributed by atoms with Gasteiger partial charge in [-0.3, -0.25) is 19.1 Å². The van der Waals surface area contributed by atoms with Gasteiger partial charge < -0.3 is 14.2 Å². The van der Waals surface area contributed by atoms with Crippen molar-refractivity contribution in [2.24, 2.45) is 0 Å². The zero-order chi connectivity index (χ0) is 30.8. The van der Waals surface area contributed by atoms with Gasteiger partial charge >= 0.3 is 18.1 Å². The molecule has 3 aromatic carbocycles. The minimum Gasteiger partial charge on any atom is -0.488 e. The van der Waals surface area contributed by atoms with Gasteiger partial charge in [-0.1, -0.05) is 26.0 Å². The summed E-state index contributed by atoms with van der Waals surface area (Å²) in [5, 5.41) is 0. The zero-order valence-corrected chi connectivity index (χ0v) is 23.6. The van der Waals surface area contributed by atoms with E-state index in [0.717, 1.165) is 0 Å². The molecule has 1 aromatic heterocycles. The van der Waals surface area contributed by atoms with E-state index in [4.69, 9.17) is 14.2 Å². The fraction of sp³-hybridized carbons (Fsp3) is 0.323. The number of hydrogen-bond donors (Lipinski definition) is 0. The number of carbonyl (C=O) groups excluding carboxylic acids is 2. The highest BCUT2D eigenvalue weighted by molar-refractivity contribution is 5.98. The number of anilines is 1. The van der Waals surface area contributed by atoms with Gasteiger partial charge in [0.1, 0.15) is 35.9 Å². The van der Waals surface area contributed by atoms with Gasteiger partial charge in [0.05, 0.1) is 22.8 Å². The molecule has 0 N–H and O–H groups in total. The second kappa shape index (κ2) is 10.3. The number of carbonyl (C=O) groups is 2. The second-order valence-corrected chi connectivity index (χ2v) is 10.9. The van der Waals surface area contributed by atoms with Crippen LogP contribution in [0.25, 0.3) is 16.7 Å². The van der Waals surface area contributed by atoms with Crippen LogP contribution < -0.4 is 14.4 Å². The highest BCUT2D eigenvalue weighted by atomic mass is 19.4. The molecule has 0 spiro atoms. The lowest BCUT2D eigenvalue weighted by Crippen LogP contribution is -2.44. The molecule has 8 nitrogen and oxygen atoms in total. The first kappa shape index (κ1) is 28.5. The molecule has 0 bridgehead atoms. The summed E-state index contributed by atoms with van der Waals surface area (Å²) in [6.07, 6.45) is -6.52. The number of hydrogen-bond acceptors (Lipinski definition) is 6. The van der Waals surface area contributed by atoms with Crippen molar-refractivity contribution in [2.45, 2.75) is 58.0 Å². The third-order valence-electron chi connectivity index (χ3n) is 7.56. The van der Waals surface area contributed by atoms with Gasteiger partial charge in [-0.05, 0) is 37.3 Å². The highest BCUT2D eigenvalue weighted by Gasteiger charge is 2.48. The molecular formula is C31H27F4N3O5. The Bertz CT molecular complexity index is 1770.